The second kappa shape index (κ2) is 8.39. The maximum absolute atomic E-state index is 11.8. The SMILES string of the molecule is CCN1C[C@@H](CN(C)CC(=O)NCCC#N)Oc2ccccc21. The summed E-state index contributed by atoms with van der Waals surface area (Å²) in [5, 5.41) is 11.2. The lowest BCUT2D eigenvalue weighted by atomic mass is 10.2. The Kier molecular flexibility index (Phi) is 6.24. The minimum Gasteiger partial charge on any atom is -0.485 e. The van der Waals surface area contributed by atoms with Gasteiger partial charge in [0.1, 0.15) is 11.9 Å². The van der Waals surface area contributed by atoms with Gasteiger partial charge in [0.2, 0.25) is 5.91 Å². The predicted octanol–water partition coefficient (Wildman–Crippen LogP) is 1.24. The molecule has 1 aliphatic rings. The number of nitrogens with one attached hydrogen (secondary N) is 1. The van der Waals surface area contributed by atoms with Crippen molar-refractivity contribution < 1.29 is 9.53 Å². The Labute approximate surface area is 137 Å². The molecule has 0 bridgehead atoms. The van der Waals surface area contributed by atoms with Crippen LogP contribution in [0.3, 0.4) is 0 Å². The number of ether oxygens (including phenoxy) is 1. The second-order valence-electron chi connectivity index (χ2n) is 5.70. The third kappa shape index (κ3) is 4.86. The number of rotatable bonds is 7. The molecule has 1 aromatic carbocycles. The third-order valence-corrected chi connectivity index (χ3v) is 3.79. The first kappa shape index (κ1) is 17.1. The van der Waals surface area contributed by atoms with Crippen molar-refractivity contribution in [2.45, 2.75) is 19.4 Å². The summed E-state index contributed by atoms with van der Waals surface area (Å²) in [7, 11) is 1.91. The van der Waals surface area contributed by atoms with Crippen LogP contribution in [0.2, 0.25) is 0 Å². The van der Waals surface area contributed by atoms with Crippen molar-refractivity contribution in [2.75, 3.05) is 44.7 Å². The van der Waals surface area contributed by atoms with E-state index in [-0.39, 0.29) is 12.0 Å². The summed E-state index contributed by atoms with van der Waals surface area (Å²) in [5.74, 6) is 0.837. The second-order valence-corrected chi connectivity index (χ2v) is 5.70. The van der Waals surface area contributed by atoms with Crippen molar-refractivity contribution in [3.8, 4) is 11.8 Å². The topological polar surface area (TPSA) is 68.6 Å². The molecule has 1 atom stereocenters. The number of hydrogen-bond donors (Lipinski definition) is 1. The Bertz CT molecular complexity index is 570. The molecule has 0 saturated heterocycles. The van der Waals surface area contributed by atoms with Crippen LogP contribution in [0.4, 0.5) is 5.69 Å². The highest BCUT2D eigenvalue weighted by molar-refractivity contribution is 5.77. The van der Waals surface area contributed by atoms with Gasteiger partial charge in [-0.1, -0.05) is 12.1 Å². The van der Waals surface area contributed by atoms with Crippen LogP contribution in [-0.4, -0.2) is 56.7 Å². The van der Waals surface area contributed by atoms with Gasteiger partial charge in [0, 0.05) is 19.6 Å². The zero-order valence-electron chi connectivity index (χ0n) is 13.8. The maximum Gasteiger partial charge on any atom is 0.234 e. The van der Waals surface area contributed by atoms with Crippen LogP contribution in [0.15, 0.2) is 24.3 Å². The predicted molar refractivity (Wildman–Crippen MR) is 89.5 cm³/mol. The number of fused-ring (bicyclic) bond motifs is 1. The molecule has 1 aliphatic heterocycles. The molecule has 1 N–H and O–H groups in total. The number of nitrogens with zero attached hydrogens (tertiary/aromatic N) is 3. The Morgan fingerprint density at radius 2 is 2.30 bits per heavy atom. The van der Waals surface area contributed by atoms with Crippen molar-refractivity contribution in [3.63, 3.8) is 0 Å². The van der Waals surface area contributed by atoms with Crippen molar-refractivity contribution in [2.24, 2.45) is 0 Å². The van der Waals surface area contributed by atoms with Crippen molar-refractivity contribution in [3.05, 3.63) is 24.3 Å². The van der Waals surface area contributed by atoms with E-state index < -0.39 is 0 Å². The summed E-state index contributed by atoms with van der Waals surface area (Å²) in [4.78, 5) is 16.0. The van der Waals surface area contributed by atoms with Gasteiger partial charge in [-0.15, -0.1) is 0 Å². The highest BCUT2D eigenvalue weighted by Crippen LogP contribution is 2.32. The number of benzene rings is 1. The van der Waals surface area contributed by atoms with Crippen LogP contribution in [0.5, 0.6) is 5.75 Å². The van der Waals surface area contributed by atoms with E-state index in [0.717, 1.165) is 24.5 Å². The number of carbonyl (C=O) groups is 1. The standard InChI is InChI=1S/C17H24N4O2/c1-3-21-12-14(23-16-8-5-4-7-15(16)21)11-20(2)13-17(22)19-10-6-9-18/h4-5,7-8,14H,3,6,10-13H2,1-2H3,(H,19,22)/t14-/m1/s1. The Hall–Kier alpha value is -2.26. The molecule has 6 heteroatoms. The van der Waals surface area contributed by atoms with E-state index in [1.807, 2.05) is 36.2 Å². The smallest absolute Gasteiger partial charge is 0.234 e. The quantitative estimate of drug-likeness (QED) is 0.767. The van der Waals surface area contributed by atoms with Crippen LogP contribution in [0.25, 0.3) is 0 Å². The summed E-state index contributed by atoms with van der Waals surface area (Å²) >= 11 is 0. The molecule has 124 valence electrons. The molecule has 0 aliphatic carbocycles. The molecule has 0 unspecified atom stereocenters. The summed E-state index contributed by atoms with van der Waals surface area (Å²) in [6, 6.07) is 10.1. The molecule has 23 heavy (non-hydrogen) atoms. The number of nitriles is 1. The molecule has 0 spiro atoms. The van der Waals surface area contributed by atoms with Crippen molar-refractivity contribution in [1.82, 2.24) is 10.2 Å². The van der Waals surface area contributed by atoms with E-state index in [1.54, 1.807) is 0 Å². The minimum absolute atomic E-state index is 0.0294. The van der Waals surface area contributed by atoms with E-state index >= 15 is 0 Å². The number of amides is 1. The molecular formula is C17H24N4O2. The lowest BCUT2D eigenvalue weighted by Gasteiger charge is -2.37. The number of likely N-dealkylation sites (N-methyl/N-ethyl adjacent to an activating group) is 2. The van der Waals surface area contributed by atoms with Crippen molar-refractivity contribution in [1.29, 1.82) is 5.26 Å². The van der Waals surface area contributed by atoms with Crippen LogP contribution < -0.4 is 15.0 Å². The van der Waals surface area contributed by atoms with Crippen LogP contribution in [0, 0.1) is 11.3 Å². The van der Waals surface area contributed by atoms with E-state index in [0.29, 0.717) is 26.1 Å². The summed E-state index contributed by atoms with van der Waals surface area (Å²) in [6.07, 6.45) is 0.366. The molecular weight excluding hydrogens is 292 g/mol. The Balaban J connectivity index is 1.86. The molecule has 6 nitrogen and oxygen atoms in total. The van der Waals surface area contributed by atoms with Gasteiger partial charge >= 0.3 is 0 Å². The fourth-order valence-corrected chi connectivity index (χ4v) is 2.74. The van der Waals surface area contributed by atoms with Gasteiger partial charge in [-0.25, -0.2) is 0 Å². The first-order chi connectivity index (χ1) is 11.1. The third-order valence-electron chi connectivity index (χ3n) is 3.79. The van der Waals surface area contributed by atoms with E-state index in [2.05, 4.69) is 23.2 Å². The average Bonchev–Trinajstić information content (AvgIpc) is 2.54. The fraction of sp³-hybridized carbons (Fsp3) is 0.529. The van der Waals surface area contributed by atoms with E-state index in [1.165, 1.54) is 0 Å². The zero-order chi connectivity index (χ0) is 16.7. The number of anilines is 1. The lowest BCUT2D eigenvalue weighted by molar-refractivity contribution is -0.122. The fourth-order valence-electron chi connectivity index (χ4n) is 2.74. The number of para-hydroxylation sites is 2. The minimum atomic E-state index is -0.0636. The molecule has 1 heterocycles. The van der Waals surface area contributed by atoms with Gasteiger partial charge in [-0.2, -0.15) is 5.26 Å². The highest BCUT2D eigenvalue weighted by Gasteiger charge is 2.25. The summed E-state index contributed by atoms with van der Waals surface area (Å²) in [5.41, 5.74) is 1.13. The van der Waals surface area contributed by atoms with Gasteiger partial charge in [-0.05, 0) is 26.1 Å². The van der Waals surface area contributed by atoms with Gasteiger partial charge < -0.3 is 15.0 Å². The lowest BCUT2D eigenvalue weighted by Crippen LogP contribution is -2.47. The van der Waals surface area contributed by atoms with Crippen LogP contribution >= 0.6 is 0 Å². The van der Waals surface area contributed by atoms with Gasteiger partial charge in [0.05, 0.1) is 31.3 Å². The first-order valence-corrected chi connectivity index (χ1v) is 7.96. The zero-order valence-corrected chi connectivity index (χ0v) is 13.8. The van der Waals surface area contributed by atoms with Crippen LogP contribution in [0.1, 0.15) is 13.3 Å². The molecule has 1 amide bonds. The normalized spacial score (nSPS) is 16.4. The molecule has 2 rings (SSSR count). The first-order valence-electron chi connectivity index (χ1n) is 7.96. The molecule has 0 fully saturated rings. The van der Waals surface area contributed by atoms with Gasteiger partial charge in [0.25, 0.3) is 0 Å². The molecule has 0 saturated carbocycles. The van der Waals surface area contributed by atoms with E-state index in [4.69, 9.17) is 10.00 Å². The summed E-state index contributed by atoms with van der Waals surface area (Å²) in [6.45, 7) is 5.25. The molecule has 0 aromatic heterocycles. The highest BCUT2D eigenvalue weighted by atomic mass is 16.5. The van der Waals surface area contributed by atoms with Crippen LogP contribution in [-0.2, 0) is 4.79 Å². The summed E-state index contributed by atoms with van der Waals surface area (Å²) < 4.78 is 6.06. The maximum atomic E-state index is 11.8. The Morgan fingerprint density at radius 1 is 1.52 bits per heavy atom. The molecule has 1 aromatic rings. The average molecular weight is 316 g/mol. The number of hydrogen-bond acceptors (Lipinski definition) is 5. The van der Waals surface area contributed by atoms with Gasteiger partial charge in [-0.3, -0.25) is 9.69 Å². The largest absolute Gasteiger partial charge is 0.485 e. The Morgan fingerprint density at radius 3 is 3.04 bits per heavy atom. The monoisotopic (exact) mass is 316 g/mol. The van der Waals surface area contributed by atoms with Gasteiger partial charge in [0.15, 0.2) is 0 Å². The number of carbonyl (C=O) groups excluding carboxylic acids is 1. The molecule has 0 radical (unpaired) electrons. The van der Waals surface area contributed by atoms with Crippen molar-refractivity contribution >= 4 is 11.6 Å². The van der Waals surface area contributed by atoms with E-state index in [9.17, 15) is 4.79 Å².